The van der Waals surface area contributed by atoms with Gasteiger partial charge in [-0.15, -0.1) is 0 Å². The molecule has 0 spiro atoms. The maximum atomic E-state index is 13.2. The number of nitrogens with one attached hydrogen (secondary N) is 1. The van der Waals surface area contributed by atoms with Gasteiger partial charge in [0.2, 0.25) is 15.9 Å². The molecule has 0 unspecified atom stereocenters. The van der Waals surface area contributed by atoms with Crippen molar-refractivity contribution in [2.75, 3.05) is 26.2 Å². The van der Waals surface area contributed by atoms with Gasteiger partial charge in [0.1, 0.15) is 10.6 Å². The number of sulfonamides is 1. The van der Waals surface area contributed by atoms with Gasteiger partial charge in [-0.2, -0.15) is 4.31 Å². The van der Waals surface area contributed by atoms with Crippen molar-refractivity contribution in [3.05, 3.63) is 48.0 Å². The van der Waals surface area contributed by atoms with Gasteiger partial charge in [-0.05, 0) is 43.4 Å². The van der Waals surface area contributed by atoms with E-state index in [2.05, 4.69) is 10.3 Å². The van der Waals surface area contributed by atoms with E-state index in [-0.39, 0.29) is 35.7 Å². The van der Waals surface area contributed by atoms with Crippen molar-refractivity contribution >= 4 is 21.8 Å². The average Bonchev–Trinajstić information content (AvgIpc) is 3.48. The molecule has 9 nitrogen and oxygen atoms in total. The van der Waals surface area contributed by atoms with Crippen molar-refractivity contribution in [1.29, 1.82) is 0 Å². The summed E-state index contributed by atoms with van der Waals surface area (Å²) >= 11 is 0. The first-order chi connectivity index (χ1) is 15.4. The molecule has 1 N–H and O–H groups in total. The summed E-state index contributed by atoms with van der Waals surface area (Å²) in [5.41, 5.74) is 1.30. The molecule has 2 fully saturated rings. The number of likely N-dealkylation sites (tertiary alicyclic amines) is 1. The molecule has 0 saturated carbocycles. The molecule has 2 aromatic heterocycles. The van der Waals surface area contributed by atoms with E-state index in [0.29, 0.717) is 38.2 Å². The van der Waals surface area contributed by atoms with Crippen LogP contribution in [0, 0.1) is 5.92 Å². The molecule has 0 atom stereocenters. The fraction of sp³-hybridized carbons (Fsp3) is 0.500. The van der Waals surface area contributed by atoms with Gasteiger partial charge < -0.3 is 14.8 Å². The first-order valence-corrected chi connectivity index (χ1v) is 12.4. The van der Waals surface area contributed by atoms with Crippen LogP contribution in [0.4, 0.5) is 0 Å². The number of pyridine rings is 1. The second-order valence-corrected chi connectivity index (χ2v) is 10.4. The van der Waals surface area contributed by atoms with Crippen molar-refractivity contribution < 1.29 is 18.0 Å². The number of rotatable bonds is 6. The Bertz CT molecular complexity index is 1070. The smallest absolute Gasteiger partial charge is 0.270 e. The van der Waals surface area contributed by atoms with Gasteiger partial charge in [0.15, 0.2) is 0 Å². The highest BCUT2D eigenvalue weighted by molar-refractivity contribution is 7.89. The number of aromatic nitrogens is 2. The summed E-state index contributed by atoms with van der Waals surface area (Å²) in [6.07, 6.45) is 7.77. The molecule has 2 aliphatic heterocycles. The van der Waals surface area contributed by atoms with Gasteiger partial charge >= 0.3 is 0 Å². The molecular formula is C22H29N5O4S. The second-order valence-electron chi connectivity index (χ2n) is 8.43. The van der Waals surface area contributed by atoms with Crippen LogP contribution in [0.25, 0.3) is 0 Å². The van der Waals surface area contributed by atoms with Crippen LogP contribution in [0.2, 0.25) is 0 Å². The predicted molar refractivity (Wildman–Crippen MR) is 118 cm³/mol. The summed E-state index contributed by atoms with van der Waals surface area (Å²) < 4.78 is 29.3. The molecule has 2 aliphatic rings. The SMILES string of the molecule is Cn1cc(S(=O)(=O)N2CCC(C(=O)NCc3cccnc3)CC2)cc1C(=O)N1CCCC1. The number of hydrogen-bond acceptors (Lipinski definition) is 5. The highest BCUT2D eigenvalue weighted by Gasteiger charge is 2.34. The lowest BCUT2D eigenvalue weighted by atomic mass is 9.97. The topological polar surface area (TPSA) is 105 Å². The zero-order valence-electron chi connectivity index (χ0n) is 18.2. The van der Waals surface area contributed by atoms with Crippen LogP contribution in [-0.2, 0) is 28.4 Å². The first-order valence-electron chi connectivity index (χ1n) is 11.0. The number of carbonyl (C=O) groups is 2. The van der Waals surface area contributed by atoms with E-state index in [1.807, 2.05) is 12.1 Å². The van der Waals surface area contributed by atoms with Crippen LogP contribution in [0.1, 0.15) is 41.7 Å². The van der Waals surface area contributed by atoms with Gasteiger partial charge in [-0.25, -0.2) is 8.42 Å². The van der Waals surface area contributed by atoms with Crippen LogP contribution in [0.5, 0.6) is 0 Å². The zero-order valence-corrected chi connectivity index (χ0v) is 19.1. The molecular weight excluding hydrogens is 430 g/mol. The molecule has 0 aliphatic carbocycles. The largest absolute Gasteiger partial charge is 0.352 e. The summed E-state index contributed by atoms with van der Waals surface area (Å²) in [4.78, 5) is 31.1. The minimum Gasteiger partial charge on any atom is -0.352 e. The van der Waals surface area contributed by atoms with Gasteiger partial charge in [0.05, 0.1) is 0 Å². The average molecular weight is 460 g/mol. The molecule has 2 amide bonds. The van der Waals surface area contributed by atoms with E-state index in [1.165, 1.54) is 16.6 Å². The molecule has 0 radical (unpaired) electrons. The fourth-order valence-electron chi connectivity index (χ4n) is 4.31. The molecule has 172 valence electrons. The molecule has 0 aromatic carbocycles. The van der Waals surface area contributed by atoms with Gasteiger partial charge in [0.25, 0.3) is 5.91 Å². The predicted octanol–water partition coefficient (Wildman–Crippen LogP) is 1.37. The monoisotopic (exact) mass is 459 g/mol. The molecule has 32 heavy (non-hydrogen) atoms. The minimum absolute atomic E-state index is 0.0656. The van der Waals surface area contributed by atoms with Crippen molar-refractivity contribution in [2.24, 2.45) is 13.0 Å². The highest BCUT2D eigenvalue weighted by atomic mass is 32.2. The van der Waals surface area contributed by atoms with Crippen LogP contribution < -0.4 is 5.32 Å². The minimum atomic E-state index is -3.72. The Morgan fingerprint density at radius 1 is 1.16 bits per heavy atom. The summed E-state index contributed by atoms with van der Waals surface area (Å²) in [7, 11) is -2.03. The summed E-state index contributed by atoms with van der Waals surface area (Å²) in [5, 5.41) is 2.91. The molecule has 10 heteroatoms. The Labute approximate surface area is 188 Å². The number of amides is 2. The normalized spacial score (nSPS) is 18.1. The second kappa shape index (κ2) is 9.41. The quantitative estimate of drug-likeness (QED) is 0.703. The van der Waals surface area contributed by atoms with E-state index < -0.39 is 10.0 Å². The van der Waals surface area contributed by atoms with Crippen LogP contribution in [0.15, 0.2) is 41.7 Å². The molecule has 2 saturated heterocycles. The maximum absolute atomic E-state index is 13.2. The number of piperidine rings is 1. The van der Waals surface area contributed by atoms with E-state index in [4.69, 9.17) is 0 Å². The lowest BCUT2D eigenvalue weighted by Crippen LogP contribution is -2.42. The third kappa shape index (κ3) is 4.71. The van der Waals surface area contributed by atoms with E-state index in [1.54, 1.807) is 28.9 Å². The van der Waals surface area contributed by atoms with Crippen molar-refractivity contribution in [3.8, 4) is 0 Å². The van der Waals surface area contributed by atoms with Gasteiger partial charge in [-0.1, -0.05) is 6.07 Å². The number of carbonyl (C=O) groups excluding carboxylic acids is 2. The molecule has 4 heterocycles. The number of hydrogen-bond donors (Lipinski definition) is 1. The summed E-state index contributed by atoms with van der Waals surface area (Å²) in [6, 6.07) is 5.19. The van der Waals surface area contributed by atoms with Crippen molar-refractivity contribution in [1.82, 2.24) is 24.1 Å². The number of aryl methyl sites for hydroxylation is 1. The standard InChI is InChI=1S/C22H29N5O4S/c1-25-16-19(13-20(25)22(29)26-9-2-3-10-26)32(30,31)27-11-6-18(7-12-27)21(28)24-15-17-5-4-8-23-14-17/h4-5,8,13-14,16,18H,2-3,6-7,9-12,15H2,1H3,(H,24,28). The van der Waals surface area contributed by atoms with Gasteiger partial charge in [0, 0.05) is 64.3 Å². The Morgan fingerprint density at radius 3 is 2.53 bits per heavy atom. The molecule has 2 aromatic rings. The third-order valence-electron chi connectivity index (χ3n) is 6.24. The highest BCUT2D eigenvalue weighted by Crippen LogP contribution is 2.26. The maximum Gasteiger partial charge on any atom is 0.270 e. The number of nitrogens with zero attached hydrogens (tertiary/aromatic N) is 4. The molecule has 0 bridgehead atoms. The Morgan fingerprint density at radius 2 is 1.88 bits per heavy atom. The third-order valence-corrected chi connectivity index (χ3v) is 8.11. The van der Waals surface area contributed by atoms with Gasteiger partial charge in [-0.3, -0.25) is 14.6 Å². The van der Waals surface area contributed by atoms with Crippen LogP contribution in [0.3, 0.4) is 0 Å². The van der Waals surface area contributed by atoms with Crippen LogP contribution >= 0.6 is 0 Å². The summed E-state index contributed by atoms with van der Waals surface area (Å²) in [6.45, 7) is 2.38. The Hall–Kier alpha value is -2.72. The lowest BCUT2D eigenvalue weighted by molar-refractivity contribution is -0.126. The first kappa shape index (κ1) is 22.5. The Kier molecular flexibility index (Phi) is 6.61. The fourth-order valence-corrected chi connectivity index (χ4v) is 5.86. The summed E-state index contributed by atoms with van der Waals surface area (Å²) in [5.74, 6) is -0.416. The molecule has 4 rings (SSSR count). The zero-order chi connectivity index (χ0) is 22.7. The van der Waals surface area contributed by atoms with E-state index in [9.17, 15) is 18.0 Å². The van der Waals surface area contributed by atoms with E-state index >= 15 is 0 Å². The van der Waals surface area contributed by atoms with Crippen molar-refractivity contribution in [2.45, 2.75) is 37.1 Å². The van der Waals surface area contributed by atoms with Crippen molar-refractivity contribution in [3.63, 3.8) is 0 Å². The van der Waals surface area contributed by atoms with E-state index in [0.717, 1.165) is 18.4 Å². The Balaban J connectivity index is 1.36. The lowest BCUT2D eigenvalue weighted by Gasteiger charge is -2.30. The van der Waals surface area contributed by atoms with Crippen LogP contribution in [-0.4, -0.2) is 65.2 Å².